The lowest BCUT2D eigenvalue weighted by Crippen LogP contribution is -2.38. The van der Waals surface area contributed by atoms with E-state index >= 15 is 0 Å². The number of amides is 1. The molecule has 0 aliphatic heterocycles. The molecule has 1 heterocycles. The smallest absolute Gasteiger partial charge is 0.244 e. The summed E-state index contributed by atoms with van der Waals surface area (Å²) in [5.74, 6) is -0.159. The van der Waals surface area contributed by atoms with Crippen LogP contribution in [0.5, 0.6) is 0 Å². The lowest BCUT2D eigenvalue weighted by Gasteiger charge is -2.18. The topological polar surface area (TPSA) is 84.3 Å². The minimum absolute atomic E-state index is 0.159. The van der Waals surface area contributed by atoms with Crippen molar-refractivity contribution in [1.82, 2.24) is 19.4 Å². The van der Waals surface area contributed by atoms with E-state index in [1.165, 1.54) is 11.4 Å². The Bertz CT molecular complexity index is 498. The van der Waals surface area contributed by atoms with Gasteiger partial charge in [0.1, 0.15) is 6.04 Å². The van der Waals surface area contributed by atoms with Crippen LogP contribution in [0.15, 0.2) is 18.5 Å². The average Bonchev–Trinajstić information content (AvgIpc) is 2.82. The van der Waals surface area contributed by atoms with Crippen LogP contribution < -0.4 is 5.32 Å². The Labute approximate surface area is 113 Å². The van der Waals surface area contributed by atoms with E-state index in [2.05, 4.69) is 10.4 Å². The van der Waals surface area contributed by atoms with Gasteiger partial charge < -0.3 is 5.32 Å². The Morgan fingerprint density at radius 1 is 1.53 bits per heavy atom. The van der Waals surface area contributed by atoms with Gasteiger partial charge in [-0.1, -0.05) is 6.92 Å². The van der Waals surface area contributed by atoms with Crippen LogP contribution in [-0.2, 0) is 14.8 Å². The predicted octanol–water partition coefficient (Wildman–Crippen LogP) is -0.158. The van der Waals surface area contributed by atoms with Crippen molar-refractivity contribution < 1.29 is 13.2 Å². The van der Waals surface area contributed by atoms with Gasteiger partial charge in [0.2, 0.25) is 15.9 Å². The van der Waals surface area contributed by atoms with E-state index in [-0.39, 0.29) is 25.0 Å². The first-order valence-electron chi connectivity index (χ1n) is 6.04. The summed E-state index contributed by atoms with van der Waals surface area (Å²) >= 11 is 0. The number of rotatable bonds is 7. The highest BCUT2D eigenvalue weighted by atomic mass is 32.2. The lowest BCUT2D eigenvalue weighted by atomic mass is 10.2. The maximum absolute atomic E-state index is 12.0. The van der Waals surface area contributed by atoms with Gasteiger partial charge in [0, 0.05) is 32.5 Å². The molecule has 1 aromatic rings. The number of sulfonamides is 1. The second-order valence-corrected chi connectivity index (χ2v) is 6.38. The quantitative estimate of drug-likeness (QED) is 0.755. The fraction of sp³-hybridized carbons (Fsp3) is 0.636. The Kier molecular flexibility index (Phi) is 5.49. The van der Waals surface area contributed by atoms with E-state index in [0.29, 0.717) is 6.42 Å². The third kappa shape index (κ3) is 4.64. The van der Waals surface area contributed by atoms with E-state index in [0.717, 1.165) is 6.26 Å². The highest BCUT2D eigenvalue weighted by Crippen LogP contribution is 2.09. The van der Waals surface area contributed by atoms with Crippen LogP contribution in [0.4, 0.5) is 0 Å². The van der Waals surface area contributed by atoms with Gasteiger partial charge in [-0.3, -0.25) is 9.48 Å². The van der Waals surface area contributed by atoms with Crippen molar-refractivity contribution in [3.63, 3.8) is 0 Å². The molecular formula is C11H20N4O3S. The van der Waals surface area contributed by atoms with E-state index in [4.69, 9.17) is 0 Å². The fourth-order valence-electron chi connectivity index (χ4n) is 1.58. The number of hydrogen-bond donors (Lipinski definition) is 1. The van der Waals surface area contributed by atoms with Gasteiger partial charge in [0.05, 0.1) is 6.26 Å². The summed E-state index contributed by atoms with van der Waals surface area (Å²) in [7, 11) is -1.73. The molecule has 0 unspecified atom stereocenters. The number of aromatic nitrogens is 2. The second-order valence-electron chi connectivity index (χ2n) is 4.29. The molecule has 7 nitrogen and oxygen atoms in total. The van der Waals surface area contributed by atoms with Gasteiger partial charge in [-0.05, 0) is 12.5 Å². The van der Waals surface area contributed by atoms with Gasteiger partial charge in [-0.15, -0.1) is 0 Å². The summed E-state index contributed by atoms with van der Waals surface area (Å²) in [5.41, 5.74) is 0. The minimum atomic E-state index is -3.21. The summed E-state index contributed by atoms with van der Waals surface area (Å²) in [6, 6.07) is 1.39. The van der Waals surface area contributed by atoms with Gasteiger partial charge in [-0.2, -0.15) is 5.10 Å². The fourth-order valence-corrected chi connectivity index (χ4v) is 2.00. The summed E-state index contributed by atoms with van der Waals surface area (Å²) in [4.78, 5) is 12.0. The van der Waals surface area contributed by atoms with E-state index in [9.17, 15) is 13.2 Å². The molecule has 0 bridgehead atoms. The second kappa shape index (κ2) is 6.67. The molecule has 0 fully saturated rings. The lowest BCUT2D eigenvalue weighted by molar-refractivity contribution is -0.124. The normalized spacial score (nSPS) is 13.5. The van der Waals surface area contributed by atoms with Crippen molar-refractivity contribution in [3.05, 3.63) is 18.5 Å². The van der Waals surface area contributed by atoms with Crippen LogP contribution in [-0.4, -0.2) is 54.8 Å². The molecule has 0 aliphatic carbocycles. The molecular weight excluding hydrogens is 268 g/mol. The molecule has 19 heavy (non-hydrogen) atoms. The first-order valence-corrected chi connectivity index (χ1v) is 7.89. The van der Waals surface area contributed by atoms with Crippen LogP contribution in [0.3, 0.4) is 0 Å². The molecule has 0 aromatic carbocycles. The Morgan fingerprint density at radius 2 is 2.21 bits per heavy atom. The van der Waals surface area contributed by atoms with Crippen LogP contribution in [0.2, 0.25) is 0 Å². The number of nitrogens with zero attached hydrogens (tertiary/aromatic N) is 3. The predicted molar refractivity (Wildman–Crippen MR) is 72.0 cm³/mol. The van der Waals surface area contributed by atoms with Crippen molar-refractivity contribution in [3.8, 4) is 0 Å². The molecule has 0 saturated heterocycles. The van der Waals surface area contributed by atoms with Crippen LogP contribution in [0.1, 0.15) is 19.4 Å². The van der Waals surface area contributed by atoms with Gasteiger partial charge >= 0.3 is 0 Å². The largest absolute Gasteiger partial charge is 0.353 e. The molecule has 108 valence electrons. The summed E-state index contributed by atoms with van der Waals surface area (Å²) in [6.45, 7) is 2.43. The van der Waals surface area contributed by atoms with Gasteiger partial charge in [0.15, 0.2) is 0 Å². The zero-order valence-corrected chi connectivity index (χ0v) is 12.2. The number of carbonyl (C=O) groups excluding carboxylic acids is 1. The summed E-state index contributed by atoms with van der Waals surface area (Å²) in [5, 5.41) is 6.76. The Morgan fingerprint density at radius 3 is 2.68 bits per heavy atom. The Balaban J connectivity index is 2.47. The third-order valence-corrected chi connectivity index (χ3v) is 4.14. The first-order chi connectivity index (χ1) is 8.86. The first kappa shape index (κ1) is 15.6. The van der Waals surface area contributed by atoms with Crippen LogP contribution in [0.25, 0.3) is 0 Å². The monoisotopic (exact) mass is 288 g/mol. The van der Waals surface area contributed by atoms with E-state index < -0.39 is 10.0 Å². The SMILES string of the molecule is CC[C@@H](C(=O)NCCN(C)S(C)(=O)=O)n1cccn1. The molecule has 1 atom stereocenters. The third-order valence-electron chi connectivity index (χ3n) is 2.83. The molecule has 1 N–H and O–H groups in total. The molecule has 0 aliphatic rings. The molecule has 0 saturated carbocycles. The highest BCUT2D eigenvalue weighted by molar-refractivity contribution is 7.88. The van der Waals surface area contributed by atoms with Crippen molar-refractivity contribution in [1.29, 1.82) is 0 Å². The average molecular weight is 288 g/mol. The molecule has 8 heteroatoms. The zero-order valence-electron chi connectivity index (χ0n) is 11.4. The van der Waals surface area contributed by atoms with E-state index in [1.54, 1.807) is 23.1 Å². The number of nitrogens with one attached hydrogen (secondary N) is 1. The summed E-state index contributed by atoms with van der Waals surface area (Å²) in [6.07, 6.45) is 5.10. The number of carbonyl (C=O) groups is 1. The van der Waals surface area contributed by atoms with Gasteiger partial charge in [0.25, 0.3) is 0 Å². The van der Waals surface area contributed by atoms with Crippen LogP contribution in [0, 0.1) is 0 Å². The molecule has 0 spiro atoms. The zero-order chi connectivity index (χ0) is 14.5. The molecule has 1 amide bonds. The van der Waals surface area contributed by atoms with Crippen molar-refractivity contribution in [2.45, 2.75) is 19.4 Å². The molecule has 1 rings (SSSR count). The van der Waals surface area contributed by atoms with Crippen molar-refractivity contribution >= 4 is 15.9 Å². The van der Waals surface area contributed by atoms with E-state index in [1.807, 2.05) is 6.92 Å². The van der Waals surface area contributed by atoms with Gasteiger partial charge in [-0.25, -0.2) is 12.7 Å². The number of hydrogen-bond acceptors (Lipinski definition) is 4. The Hall–Kier alpha value is -1.41. The summed E-state index contributed by atoms with van der Waals surface area (Å²) < 4.78 is 25.2. The maximum atomic E-state index is 12.0. The highest BCUT2D eigenvalue weighted by Gasteiger charge is 2.18. The maximum Gasteiger partial charge on any atom is 0.244 e. The van der Waals surface area contributed by atoms with Crippen LogP contribution >= 0.6 is 0 Å². The van der Waals surface area contributed by atoms with Crippen molar-refractivity contribution in [2.75, 3.05) is 26.4 Å². The number of likely N-dealkylation sites (N-methyl/N-ethyl adjacent to an activating group) is 1. The standard InChI is InChI=1S/C11H20N4O3S/c1-4-10(15-8-5-6-13-15)11(16)12-7-9-14(2)19(3,17)18/h5-6,8,10H,4,7,9H2,1-3H3,(H,12,16)/t10-/m0/s1. The molecule has 0 radical (unpaired) electrons. The minimum Gasteiger partial charge on any atom is -0.353 e. The van der Waals surface area contributed by atoms with Crippen molar-refractivity contribution in [2.24, 2.45) is 0 Å². The molecule has 1 aromatic heterocycles.